The molecule has 21 heavy (non-hydrogen) atoms. The van der Waals surface area contributed by atoms with Gasteiger partial charge in [0, 0.05) is 18.0 Å². The van der Waals surface area contributed by atoms with Gasteiger partial charge in [-0.05, 0) is 37.6 Å². The van der Waals surface area contributed by atoms with Crippen LogP contribution in [0.4, 0.5) is 11.4 Å². The lowest BCUT2D eigenvalue weighted by Gasteiger charge is -2.21. The second-order valence-corrected chi connectivity index (χ2v) is 5.56. The number of hydrogen-bond acceptors (Lipinski definition) is 4. The molecule has 0 saturated carbocycles. The maximum absolute atomic E-state index is 11.9. The summed E-state index contributed by atoms with van der Waals surface area (Å²) < 4.78 is 0. The van der Waals surface area contributed by atoms with Gasteiger partial charge in [0.05, 0.1) is 17.4 Å². The van der Waals surface area contributed by atoms with Gasteiger partial charge in [-0.1, -0.05) is 11.6 Å². The van der Waals surface area contributed by atoms with E-state index in [9.17, 15) is 9.59 Å². The van der Waals surface area contributed by atoms with E-state index in [0.717, 1.165) is 19.4 Å². The average molecular weight is 311 g/mol. The Morgan fingerprint density at radius 1 is 1.43 bits per heavy atom. The van der Waals surface area contributed by atoms with Gasteiger partial charge in [-0.25, -0.2) is 0 Å². The van der Waals surface area contributed by atoms with Crippen molar-refractivity contribution in [2.24, 2.45) is 5.73 Å². The van der Waals surface area contributed by atoms with E-state index in [4.69, 9.17) is 23.1 Å². The van der Waals surface area contributed by atoms with E-state index < -0.39 is 0 Å². The summed E-state index contributed by atoms with van der Waals surface area (Å²) in [6, 6.07) is 4.66. The molecule has 0 spiro atoms. The van der Waals surface area contributed by atoms with Crippen LogP contribution in [0.2, 0.25) is 5.02 Å². The Morgan fingerprint density at radius 2 is 2.19 bits per heavy atom. The fraction of sp³-hybridized carbons (Fsp3) is 0.429. The first-order valence-corrected chi connectivity index (χ1v) is 7.23. The highest BCUT2D eigenvalue weighted by atomic mass is 35.5. The molecular weight excluding hydrogens is 292 g/mol. The van der Waals surface area contributed by atoms with E-state index in [1.54, 1.807) is 18.2 Å². The number of anilines is 2. The zero-order valence-electron chi connectivity index (χ0n) is 11.6. The molecule has 7 heteroatoms. The molecule has 0 aromatic heterocycles. The monoisotopic (exact) mass is 310 g/mol. The minimum absolute atomic E-state index is 0.154. The van der Waals surface area contributed by atoms with Crippen LogP contribution in [0.5, 0.6) is 0 Å². The highest BCUT2D eigenvalue weighted by Gasteiger charge is 2.28. The number of amides is 2. The normalized spacial score (nSPS) is 18.6. The molecule has 0 bridgehead atoms. The highest BCUT2D eigenvalue weighted by Crippen LogP contribution is 2.23. The van der Waals surface area contributed by atoms with Gasteiger partial charge < -0.3 is 16.8 Å². The standard InChI is InChI=1S/C14H19ClN4O2/c15-9-3-4-11(10(16)8-9)18-13(20)5-7-19-6-1-2-12(19)14(17)21/h3-4,8,12H,1-2,5-7,16H2,(H2,17,21)(H,18,20). The lowest BCUT2D eigenvalue weighted by atomic mass is 10.2. The van der Waals surface area contributed by atoms with E-state index in [2.05, 4.69) is 5.32 Å². The number of nitrogens with zero attached hydrogens (tertiary/aromatic N) is 1. The van der Waals surface area contributed by atoms with Crippen molar-refractivity contribution in [3.05, 3.63) is 23.2 Å². The van der Waals surface area contributed by atoms with Gasteiger partial charge in [-0.3, -0.25) is 14.5 Å². The number of nitrogens with one attached hydrogen (secondary N) is 1. The molecule has 5 N–H and O–H groups in total. The third-order valence-electron chi connectivity index (χ3n) is 3.61. The first-order chi connectivity index (χ1) is 9.97. The summed E-state index contributed by atoms with van der Waals surface area (Å²) >= 11 is 5.80. The molecule has 1 heterocycles. The number of benzene rings is 1. The highest BCUT2D eigenvalue weighted by molar-refractivity contribution is 6.31. The molecular formula is C14H19ClN4O2. The van der Waals surface area contributed by atoms with Gasteiger partial charge in [0.25, 0.3) is 0 Å². The van der Waals surface area contributed by atoms with Crippen LogP contribution in [0, 0.1) is 0 Å². The summed E-state index contributed by atoms with van der Waals surface area (Å²) in [4.78, 5) is 25.2. The Morgan fingerprint density at radius 3 is 2.86 bits per heavy atom. The topological polar surface area (TPSA) is 101 Å². The van der Waals surface area contributed by atoms with Crippen LogP contribution in [0.15, 0.2) is 18.2 Å². The van der Waals surface area contributed by atoms with Gasteiger partial charge in [-0.2, -0.15) is 0 Å². The third-order valence-corrected chi connectivity index (χ3v) is 3.84. The molecule has 1 aromatic carbocycles. The average Bonchev–Trinajstić information content (AvgIpc) is 2.88. The van der Waals surface area contributed by atoms with Crippen LogP contribution in [0.1, 0.15) is 19.3 Å². The molecule has 2 amide bonds. The summed E-state index contributed by atoms with van der Waals surface area (Å²) in [6.07, 6.45) is 1.98. The molecule has 114 valence electrons. The summed E-state index contributed by atoms with van der Waals surface area (Å²) in [5.41, 5.74) is 12.1. The number of rotatable bonds is 5. The predicted octanol–water partition coefficient (Wildman–Crippen LogP) is 1.20. The second-order valence-electron chi connectivity index (χ2n) is 5.13. The number of primary amides is 1. The van der Waals surface area contributed by atoms with E-state index in [1.807, 2.05) is 4.90 Å². The van der Waals surface area contributed by atoms with Crippen LogP contribution < -0.4 is 16.8 Å². The zero-order chi connectivity index (χ0) is 15.4. The molecule has 1 saturated heterocycles. The summed E-state index contributed by atoms with van der Waals surface area (Å²) in [5, 5.41) is 3.26. The number of nitrogen functional groups attached to an aromatic ring is 1. The van der Waals surface area contributed by atoms with Crippen molar-refractivity contribution in [3.8, 4) is 0 Å². The SMILES string of the molecule is NC(=O)C1CCCN1CCC(=O)Nc1ccc(Cl)cc1N. The van der Waals surface area contributed by atoms with Crippen LogP contribution in [-0.4, -0.2) is 35.8 Å². The van der Waals surface area contributed by atoms with Gasteiger partial charge in [-0.15, -0.1) is 0 Å². The summed E-state index contributed by atoms with van der Waals surface area (Å²) in [5.74, 6) is -0.478. The Kier molecular flexibility index (Phi) is 5.03. The van der Waals surface area contributed by atoms with Crippen molar-refractivity contribution >= 4 is 34.8 Å². The Hall–Kier alpha value is -1.79. The van der Waals surface area contributed by atoms with Crippen LogP contribution in [0.3, 0.4) is 0 Å². The molecule has 0 aliphatic carbocycles. The van der Waals surface area contributed by atoms with E-state index in [1.165, 1.54) is 0 Å². The fourth-order valence-electron chi connectivity index (χ4n) is 2.52. The molecule has 1 atom stereocenters. The quantitative estimate of drug-likeness (QED) is 0.711. The Balaban J connectivity index is 1.86. The third kappa shape index (κ3) is 4.09. The summed E-state index contributed by atoms with van der Waals surface area (Å²) in [7, 11) is 0. The molecule has 1 unspecified atom stereocenters. The number of hydrogen-bond donors (Lipinski definition) is 3. The predicted molar refractivity (Wildman–Crippen MR) is 82.9 cm³/mol. The summed E-state index contributed by atoms with van der Waals surface area (Å²) in [6.45, 7) is 1.30. The molecule has 1 aliphatic rings. The minimum atomic E-state index is -0.324. The van der Waals surface area contributed by atoms with Crippen molar-refractivity contribution < 1.29 is 9.59 Å². The van der Waals surface area contributed by atoms with Gasteiger partial charge in [0.2, 0.25) is 11.8 Å². The van der Waals surface area contributed by atoms with Crippen molar-refractivity contribution in [2.75, 3.05) is 24.1 Å². The number of halogens is 1. The van der Waals surface area contributed by atoms with Gasteiger partial charge >= 0.3 is 0 Å². The molecule has 6 nitrogen and oxygen atoms in total. The van der Waals surface area contributed by atoms with Crippen molar-refractivity contribution in [2.45, 2.75) is 25.3 Å². The zero-order valence-corrected chi connectivity index (χ0v) is 12.4. The minimum Gasteiger partial charge on any atom is -0.397 e. The van der Waals surface area contributed by atoms with Crippen molar-refractivity contribution in [1.29, 1.82) is 0 Å². The molecule has 0 radical (unpaired) electrons. The van der Waals surface area contributed by atoms with Crippen molar-refractivity contribution in [3.63, 3.8) is 0 Å². The Labute approximate surface area is 128 Å². The molecule has 2 rings (SSSR count). The lowest BCUT2D eigenvalue weighted by Crippen LogP contribution is -2.41. The van der Waals surface area contributed by atoms with E-state index >= 15 is 0 Å². The largest absolute Gasteiger partial charge is 0.397 e. The Bertz CT molecular complexity index is 550. The maximum atomic E-state index is 11.9. The van der Waals surface area contributed by atoms with E-state index in [0.29, 0.717) is 22.9 Å². The smallest absolute Gasteiger partial charge is 0.234 e. The number of carbonyl (C=O) groups excluding carboxylic acids is 2. The van der Waals surface area contributed by atoms with Crippen LogP contribution in [-0.2, 0) is 9.59 Å². The molecule has 1 aromatic rings. The first-order valence-electron chi connectivity index (χ1n) is 6.85. The van der Waals surface area contributed by atoms with Crippen LogP contribution >= 0.6 is 11.6 Å². The molecule has 1 aliphatic heterocycles. The number of likely N-dealkylation sites (tertiary alicyclic amines) is 1. The number of carbonyl (C=O) groups is 2. The lowest BCUT2D eigenvalue weighted by molar-refractivity contribution is -0.123. The maximum Gasteiger partial charge on any atom is 0.234 e. The fourth-order valence-corrected chi connectivity index (χ4v) is 2.70. The second kappa shape index (κ2) is 6.78. The number of nitrogens with two attached hydrogens (primary N) is 2. The van der Waals surface area contributed by atoms with Crippen molar-refractivity contribution in [1.82, 2.24) is 4.90 Å². The van der Waals surface area contributed by atoms with Gasteiger partial charge in [0.15, 0.2) is 0 Å². The molecule has 1 fully saturated rings. The van der Waals surface area contributed by atoms with E-state index in [-0.39, 0.29) is 24.3 Å². The van der Waals surface area contributed by atoms with Gasteiger partial charge in [0.1, 0.15) is 0 Å². The first kappa shape index (κ1) is 15.6. The van der Waals surface area contributed by atoms with Crippen LogP contribution in [0.25, 0.3) is 0 Å².